The number of carbonyl (C=O) groups is 3. The number of unbranched alkanes of at least 4 members (excludes halogenated alkanes) is 21. The highest BCUT2D eigenvalue weighted by molar-refractivity contribution is 5.72. The van der Waals surface area contributed by atoms with Gasteiger partial charge in [-0.1, -0.05) is 204 Å². The quantitative estimate of drug-likeness (QED) is 0.0203. The Balaban J connectivity index is 4.37. The average Bonchev–Trinajstić information content (AvgIpc) is 3.18. The van der Waals surface area contributed by atoms with Gasteiger partial charge in [0.25, 0.3) is 0 Å². The summed E-state index contributed by atoms with van der Waals surface area (Å²) < 4.78 is 16.5. The van der Waals surface area contributed by atoms with Crippen LogP contribution < -0.4 is 0 Å². The Labute approximate surface area is 339 Å². The van der Waals surface area contributed by atoms with Crippen molar-refractivity contribution in [3.05, 3.63) is 60.8 Å². The van der Waals surface area contributed by atoms with E-state index in [0.29, 0.717) is 6.42 Å². The third kappa shape index (κ3) is 42.1. The van der Waals surface area contributed by atoms with Crippen LogP contribution in [0.25, 0.3) is 0 Å². The second-order valence-electron chi connectivity index (χ2n) is 15.0. The first-order valence-electron chi connectivity index (χ1n) is 22.8. The van der Waals surface area contributed by atoms with Crippen molar-refractivity contribution in [1.29, 1.82) is 0 Å². The molecule has 0 saturated heterocycles. The van der Waals surface area contributed by atoms with Gasteiger partial charge in [-0.3, -0.25) is 14.4 Å². The minimum atomic E-state index is -0.818. The van der Waals surface area contributed by atoms with Crippen LogP contribution in [0.15, 0.2) is 60.8 Å². The largest absolute Gasteiger partial charge is 0.462 e. The van der Waals surface area contributed by atoms with Gasteiger partial charge in [-0.2, -0.15) is 0 Å². The van der Waals surface area contributed by atoms with Crippen LogP contribution in [0, 0.1) is 0 Å². The first kappa shape index (κ1) is 52.1. The highest BCUT2D eigenvalue weighted by Gasteiger charge is 2.19. The lowest BCUT2D eigenvalue weighted by Crippen LogP contribution is -2.30. The van der Waals surface area contributed by atoms with Gasteiger partial charge >= 0.3 is 17.9 Å². The fourth-order valence-electron chi connectivity index (χ4n) is 6.13. The smallest absolute Gasteiger partial charge is 0.309 e. The number of esters is 3. The van der Waals surface area contributed by atoms with Crippen LogP contribution in [0.1, 0.15) is 213 Å². The predicted octanol–water partition coefficient (Wildman–Crippen LogP) is 14.5. The van der Waals surface area contributed by atoms with Crippen molar-refractivity contribution in [2.75, 3.05) is 13.2 Å². The van der Waals surface area contributed by atoms with E-state index in [0.717, 1.165) is 70.6 Å². The van der Waals surface area contributed by atoms with Crippen molar-refractivity contribution < 1.29 is 28.6 Å². The van der Waals surface area contributed by atoms with Gasteiger partial charge in [-0.25, -0.2) is 0 Å². The molecule has 0 bridgehead atoms. The zero-order valence-electron chi connectivity index (χ0n) is 35.9. The summed E-state index contributed by atoms with van der Waals surface area (Å²) in [5.74, 6) is -1.07. The fraction of sp³-hybridized carbons (Fsp3) is 0.735. The molecular formula is C49H84O6. The average molecular weight is 769 g/mol. The van der Waals surface area contributed by atoms with E-state index in [9.17, 15) is 14.4 Å². The Morgan fingerprint density at radius 1 is 0.418 bits per heavy atom. The molecule has 6 heteroatoms. The normalized spacial score (nSPS) is 12.6. The Morgan fingerprint density at radius 3 is 1.36 bits per heavy atom. The van der Waals surface area contributed by atoms with Gasteiger partial charge in [-0.15, -0.1) is 0 Å². The number of allylic oxidation sites excluding steroid dienone is 9. The van der Waals surface area contributed by atoms with Crippen LogP contribution in [0.2, 0.25) is 0 Å². The molecule has 55 heavy (non-hydrogen) atoms. The minimum Gasteiger partial charge on any atom is -0.462 e. The summed E-state index contributed by atoms with van der Waals surface area (Å²) in [6.45, 7) is 6.34. The van der Waals surface area contributed by atoms with Gasteiger partial charge in [0.05, 0.1) is 6.42 Å². The SMILES string of the molecule is CC/C=C\C/C=C\C/C=C\CC(=O)OCC(COC(=O)CCCCCCCCCCCCCCCCCCC)OC(=O)CCCCC/C=C\C=C/CCCC. The lowest BCUT2D eigenvalue weighted by atomic mass is 10.0. The molecule has 0 aliphatic carbocycles. The lowest BCUT2D eigenvalue weighted by Gasteiger charge is -2.18. The maximum atomic E-state index is 12.7. The molecule has 0 fully saturated rings. The molecular weight excluding hydrogens is 685 g/mol. The third-order valence-electron chi connectivity index (χ3n) is 9.57. The summed E-state index contributed by atoms with van der Waals surface area (Å²) in [6, 6.07) is 0. The molecule has 1 unspecified atom stereocenters. The van der Waals surface area contributed by atoms with Crippen molar-refractivity contribution in [1.82, 2.24) is 0 Å². The number of rotatable bonds is 40. The van der Waals surface area contributed by atoms with Crippen molar-refractivity contribution in [2.45, 2.75) is 219 Å². The first-order valence-corrected chi connectivity index (χ1v) is 22.8. The Morgan fingerprint density at radius 2 is 0.836 bits per heavy atom. The van der Waals surface area contributed by atoms with Gasteiger partial charge in [0.15, 0.2) is 6.10 Å². The first-order chi connectivity index (χ1) is 27.0. The number of hydrogen-bond acceptors (Lipinski definition) is 6. The van der Waals surface area contributed by atoms with E-state index < -0.39 is 12.1 Å². The van der Waals surface area contributed by atoms with Crippen LogP contribution in [0.4, 0.5) is 0 Å². The monoisotopic (exact) mass is 769 g/mol. The van der Waals surface area contributed by atoms with E-state index in [1.165, 1.54) is 103 Å². The fourth-order valence-corrected chi connectivity index (χ4v) is 6.13. The number of carbonyl (C=O) groups excluding carboxylic acids is 3. The number of ether oxygens (including phenoxy) is 3. The van der Waals surface area contributed by atoms with Crippen molar-refractivity contribution in [2.24, 2.45) is 0 Å². The Hall–Kier alpha value is -2.89. The molecule has 0 aromatic heterocycles. The highest BCUT2D eigenvalue weighted by atomic mass is 16.6. The second-order valence-corrected chi connectivity index (χ2v) is 15.0. The molecule has 0 radical (unpaired) electrons. The van der Waals surface area contributed by atoms with E-state index >= 15 is 0 Å². The van der Waals surface area contributed by atoms with E-state index in [4.69, 9.17) is 14.2 Å². The van der Waals surface area contributed by atoms with E-state index in [1.54, 1.807) is 6.08 Å². The zero-order chi connectivity index (χ0) is 40.1. The summed E-state index contributed by atoms with van der Waals surface area (Å²) >= 11 is 0. The van der Waals surface area contributed by atoms with Crippen LogP contribution in [-0.2, 0) is 28.6 Å². The van der Waals surface area contributed by atoms with Crippen LogP contribution in [0.5, 0.6) is 0 Å². The summed E-state index contributed by atoms with van der Waals surface area (Å²) in [7, 11) is 0. The molecule has 1 atom stereocenters. The van der Waals surface area contributed by atoms with Gasteiger partial charge in [0.2, 0.25) is 0 Å². The summed E-state index contributed by atoms with van der Waals surface area (Å²) in [4.78, 5) is 37.6. The van der Waals surface area contributed by atoms with E-state index in [2.05, 4.69) is 69.4 Å². The molecule has 0 N–H and O–H groups in total. The maximum absolute atomic E-state index is 12.7. The van der Waals surface area contributed by atoms with Crippen molar-refractivity contribution in [3.8, 4) is 0 Å². The molecule has 316 valence electrons. The van der Waals surface area contributed by atoms with E-state index in [1.807, 2.05) is 6.08 Å². The lowest BCUT2D eigenvalue weighted by molar-refractivity contribution is -0.166. The predicted molar refractivity (Wildman–Crippen MR) is 233 cm³/mol. The Kier molecular flexibility index (Phi) is 41.5. The standard InChI is InChI=1S/C49H84O6/c1-4-7-10-13-16-19-21-22-23-24-25-26-28-30-33-36-39-42-48(51)54-45-46(44-53-47(50)41-38-35-32-29-18-15-12-9-6-3)55-49(52)43-40-37-34-31-27-20-17-14-11-8-5-2/h9,12,14,17-18,20,27,29,35,38,46H,4-8,10-11,13,15-16,19,21-26,28,30-34,36-37,39-45H2,1-3H3/b12-9-,17-14-,27-20-,29-18-,38-35-. The summed E-state index contributed by atoms with van der Waals surface area (Å²) in [5.41, 5.74) is 0. The molecule has 6 nitrogen and oxygen atoms in total. The van der Waals surface area contributed by atoms with Gasteiger partial charge in [0, 0.05) is 12.8 Å². The molecule has 0 heterocycles. The third-order valence-corrected chi connectivity index (χ3v) is 9.57. The van der Waals surface area contributed by atoms with Crippen LogP contribution >= 0.6 is 0 Å². The molecule has 0 aromatic carbocycles. The zero-order valence-corrected chi connectivity index (χ0v) is 35.9. The molecule has 0 spiro atoms. The maximum Gasteiger partial charge on any atom is 0.309 e. The van der Waals surface area contributed by atoms with Gasteiger partial charge in [0.1, 0.15) is 13.2 Å². The van der Waals surface area contributed by atoms with Gasteiger partial charge in [-0.05, 0) is 51.4 Å². The summed E-state index contributed by atoms with van der Waals surface area (Å²) in [6.07, 6.45) is 52.5. The molecule has 0 aliphatic heterocycles. The molecule has 0 rings (SSSR count). The molecule has 0 saturated carbocycles. The number of hydrogen-bond donors (Lipinski definition) is 0. The van der Waals surface area contributed by atoms with Crippen molar-refractivity contribution in [3.63, 3.8) is 0 Å². The van der Waals surface area contributed by atoms with E-state index in [-0.39, 0.29) is 38.0 Å². The topological polar surface area (TPSA) is 78.9 Å². The summed E-state index contributed by atoms with van der Waals surface area (Å²) in [5, 5.41) is 0. The molecule has 0 aromatic rings. The van der Waals surface area contributed by atoms with Crippen molar-refractivity contribution >= 4 is 17.9 Å². The Bertz CT molecular complexity index is 1020. The minimum absolute atomic E-state index is 0.111. The molecule has 0 amide bonds. The molecule has 0 aliphatic rings. The van der Waals surface area contributed by atoms with Gasteiger partial charge < -0.3 is 14.2 Å². The van der Waals surface area contributed by atoms with Crippen LogP contribution in [0.3, 0.4) is 0 Å². The second kappa shape index (κ2) is 43.8. The van der Waals surface area contributed by atoms with Crippen LogP contribution in [-0.4, -0.2) is 37.2 Å². The highest BCUT2D eigenvalue weighted by Crippen LogP contribution is 2.15.